The van der Waals surface area contributed by atoms with Crippen LogP contribution in [0.5, 0.6) is 0 Å². The molecule has 7 heteroatoms. The van der Waals surface area contributed by atoms with Gasteiger partial charge in [-0.3, -0.25) is 0 Å². The molecule has 0 fully saturated rings. The number of nitrogens with two attached hydrogens (primary N) is 1. The molecule has 0 unspecified atom stereocenters. The summed E-state index contributed by atoms with van der Waals surface area (Å²) in [6.45, 7) is 0. The molecule has 0 saturated carbocycles. The zero-order chi connectivity index (χ0) is 10.9. The molecule has 14 heavy (non-hydrogen) atoms. The molecule has 0 amide bonds. The maximum Gasteiger partial charge on any atom is 0.168 e. The van der Waals surface area contributed by atoms with Crippen molar-refractivity contribution in [1.82, 2.24) is 0 Å². The molecule has 76 valence electrons. The molecule has 0 aliphatic carbocycles. The van der Waals surface area contributed by atoms with Crippen LogP contribution in [0.2, 0.25) is 20.1 Å². The van der Waals surface area contributed by atoms with Crippen molar-refractivity contribution in [3.8, 4) is 0 Å². The van der Waals surface area contributed by atoms with Crippen molar-refractivity contribution in [2.24, 2.45) is 5.73 Å². The third kappa shape index (κ3) is 2.55. The molecule has 0 spiro atoms. The Morgan fingerprint density at radius 3 is 2.21 bits per heavy atom. The Bertz CT molecular complexity index is 394. The fraction of sp³-hybridized carbons (Fsp3) is 0. The summed E-state index contributed by atoms with van der Waals surface area (Å²) in [7, 11) is 0. The van der Waals surface area contributed by atoms with Gasteiger partial charge in [0.2, 0.25) is 0 Å². The Morgan fingerprint density at radius 1 is 1.14 bits per heavy atom. The number of benzene rings is 1. The van der Waals surface area contributed by atoms with Gasteiger partial charge in [0, 0.05) is 0 Å². The average molecular weight is 290 g/mol. The monoisotopic (exact) mass is 288 g/mol. The predicted octanol–water partition coefficient (Wildman–Crippen LogP) is 3.96. The molecule has 0 heterocycles. The quantitative estimate of drug-likeness (QED) is 0.467. The Labute approximate surface area is 106 Å². The second-order valence-corrected chi connectivity index (χ2v) is 4.34. The van der Waals surface area contributed by atoms with E-state index in [0.717, 1.165) is 0 Å². The van der Waals surface area contributed by atoms with Crippen LogP contribution in [0.3, 0.4) is 0 Å². The van der Waals surface area contributed by atoms with Gasteiger partial charge in [0.05, 0.1) is 25.8 Å². The Balaban J connectivity index is 3.29. The van der Waals surface area contributed by atoms with E-state index >= 15 is 0 Å². The summed E-state index contributed by atoms with van der Waals surface area (Å²) in [6, 6.07) is 1.46. The molecule has 0 atom stereocenters. The highest BCUT2D eigenvalue weighted by Crippen LogP contribution is 2.40. The molecular weight excluding hydrogens is 286 g/mol. The van der Waals surface area contributed by atoms with Crippen LogP contribution in [-0.2, 0) is 0 Å². The average Bonchev–Trinajstić information content (AvgIpc) is 2.09. The van der Waals surface area contributed by atoms with E-state index in [2.05, 4.69) is 17.5 Å². The van der Waals surface area contributed by atoms with Crippen molar-refractivity contribution < 1.29 is 0 Å². The van der Waals surface area contributed by atoms with Gasteiger partial charge in [-0.1, -0.05) is 46.4 Å². The van der Waals surface area contributed by atoms with Gasteiger partial charge in [-0.05, 0) is 18.3 Å². The highest BCUT2D eigenvalue weighted by molar-refractivity contribution is 7.80. The van der Waals surface area contributed by atoms with E-state index in [-0.39, 0.29) is 20.2 Å². The standard InChI is InChI=1S/C7H4Cl4N2S/c8-2-1-3(9)6(13-7(12)14)5(11)4(2)10/h1H,(H3,12,13,14). The molecule has 0 radical (unpaired) electrons. The molecule has 1 aromatic rings. The second kappa shape index (κ2) is 4.73. The molecule has 1 aromatic carbocycles. The highest BCUT2D eigenvalue weighted by atomic mass is 35.5. The van der Waals surface area contributed by atoms with Crippen molar-refractivity contribution in [2.75, 3.05) is 5.32 Å². The van der Waals surface area contributed by atoms with E-state index in [9.17, 15) is 0 Å². The van der Waals surface area contributed by atoms with E-state index in [4.69, 9.17) is 52.1 Å². The lowest BCUT2D eigenvalue weighted by Gasteiger charge is -2.10. The van der Waals surface area contributed by atoms with Crippen LogP contribution in [0, 0.1) is 0 Å². The minimum atomic E-state index is 0.0483. The number of hydrogen-bond donors (Lipinski definition) is 2. The largest absolute Gasteiger partial charge is 0.376 e. The van der Waals surface area contributed by atoms with E-state index in [1.54, 1.807) is 0 Å². The molecule has 0 aliphatic rings. The minimum Gasteiger partial charge on any atom is -0.376 e. The minimum absolute atomic E-state index is 0.0483. The third-order valence-corrected chi connectivity index (χ3v) is 3.02. The van der Waals surface area contributed by atoms with E-state index < -0.39 is 0 Å². The smallest absolute Gasteiger partial charge is 0.168 e. The van der Waals surface area contributed by atoms with Crippen molar-refractivity contribution in [2.45, 2.75) is 0 Å². The summed E-state index contributed by atoms with van der Waals surface area (Å²) >= 11 is 27.9. The van der Waals surface area contributed by atoms with Crippen LogP contribution in [0.15, 0.2) is 6.07 Å². The molecule has 2 nitrogen and oxygen atoms in total. The molecular formula is C7H4Cl4N2S. The first-order valence-electron chi connectivity index (χ1n) is 3.33. The molecule has 0 saturated heterocycles. The summed E-state index contributed by atoms with van der Waals surface area (Å²) < 4.78 is 0. The molecule has 0 bridgehead atoms. The number of anilines is 1. The van der Waals surface area contributed by atoms with Gasteiger partial charge in [0.25, 0.3) is 0 Å². The number of hydrogen-bond acceptors (Lipinski definition) is 1. The van der Waals surface area contributed by atoms with Crippen LogP contribution in [0.4, 0.5) is 5.69 Å². The van der Waals surface area contributed by atoms with Crippen LogP contribution in [0.25, 0.3) is 0 Å². The van der Waals surface area contributed by atoms with E-state index in [1.807, 2.05) is 0 Å². The van der Waals surface area contributed by atoms with Gasteiger partial charge >= 0.3 is 0 Å². The lowest BCUT2D eigenvalue weighted by Crippen LogP contribution is -2.19. The molecule has 1 rings (SSSR count). The Morgan fingerprint density at radius 2 is 1.71 bits per heavy atom. The molecule has 0 aliphatic heterocycles. The first kappa shape index (κ1) is 12.1. The van der Waals surface area contributed by atoms with Crippen LogP contribution in [0.1, 0.15) is 0 Å². The van der Waals surface area contributed by atoms with Gasteiger partial charge in [-0.15, -0.1) is 0 Å². The van der Waals surface area contributed by atoms with Crippen molar-refractivity contribution >= 4 is 69.4 Å². The Hall–Kier alpha value is 0.0700. The molecule has 3 N–H and O–H groups in total. The van der Waals surface area contributed by atoms with E-state index in [1.165, 1.54) is 6.07 Å². The summed E-state index contributed by atoms with van der Waals surface area (Å²) in [6.07, 6.45) is 0. The third-order valence-electron chi connectivity index (χ3n) is 1.36. The second-order valence-electron chi connectivity index (χ2n) is 2.33. The summed E-state index contributed by atoms with van der Waals surface area (Å²) in [5.41, 5.74) is 5.63. The topological polar surface area (TPSA) is 38.0 Å². The maximum atomic E-state index is 5.87. The predicted molar refractivity (Wildman–Crippen MR) is 66.9 cm³/mol. The van der Waals surface area contributed by atoms with Gasteiger partial charge in [-0.25, -0.2) is 0 Å². The first-order chi connectivity index (χ1) is 6.43. The van der Waals surface area contributed by atoms with Gasteiger partial charge in [0.15, 0.2) is 5.11 Å². The van der Waals surface area contributed by atoms with Crippen LogP contribution < -0.4 is 11.1 Å². The maximum absolute atomic E-state index is 5.87. The van der Waals surface area contributed by atoms with Crippen molar-refractivity contribution in [3.63, 3.8) is 0 Å². The normalized spacial score (nSPS) is 10.0. The van der Waals surface area contributed by atoms with Crippen LogP contribution in [-0.4, -0.2) is 5.11 Å². The fourth-order valence-corrected chi connectivity index (χ4v) is 1.91. The zero-order valence-electron chi connectivity index (χ0n) is 6.57. The van der Waals surface area contributed by atoms with E-state index in [0.29, 0.717) is 10.7 Å². The zero-order valence-corrected chi connectivity index (χ0v) is 10.4. The van der Waals surface area contributed by atoms with Crippen molar-refractivity contribution in [1.29, 1.82) is 0 Å². The van der Waals surface area contributed by atoms with Gasteiger partial charge in [0.1, 0.15) is 0 Å². The SMILES string of the molecule is NC(=S)Nc1c(Cl)cc(Cl)c(Cl)c1Cl. The first-order valence-corrected chi connectivity index (χ1v) is 5.25. The summed E-state index contributed by atoms with van der Waals surface area (Å²) in [5.74, 6) is 0. The van der Waals surface area contributed by atoms with Crippen LogP contribution >= 0.6 is 58.6 Å². The van der Waals surface area contributed by atoms with Crippen molar-refractivity contribution in [3.05, 3.63) is 26.2 Å². The lowest BCUT2D eigenvalue weighted by atomic mass is 10.3. The highest BCUT2D eigenvalue weighted by Gasteiger charge is 2.13. The van der Waals surface area contributed by atoms with Gasteiger partial charge < -0.3 is 11.1 Å². The summed E-state index contributed by atoms with van der Waals surface area (Å²) in [5, 5.41) is 3.63. The Kier molecular flexibility index (Phi) is 4.10. The molecule has 0 aromatic heterocycles. The number of nitrogens with one attached hydrogen (secondary N) is 1. The van der Waals surface area contributed by atoms with Gasteiger partial charge in [-0.2, -0.15) is 0 Å². The number of rotatable bonds is 1. The fourth-order valence-electron chi connectivity index (χ4n) is 0.804. The number of halogens is 4. The lowest BCUT2D eigenvalue weighted by molar-refractivity contribution is 1.60. The number of thiocarbonyl (C=S) groups is 1. The summed E-state index contributed by atoms with van der Waals surface area (Å²) in [4.78, 5) is 0.